The van der Waals surface area contributed by atoms with E-state index in [2.05, 4.69) is 34.9 Å². The highest BCUT2D eigenvalue weighted by atomic mass is 35.5. The summed E-state index contributed by atoms with van der Waals surface area (Å²) >= 11 is 5.97. The van der Waals surface area contributed by atoms with Crippen molar-refractivity contribution >= 4 is 17.4 Å². The monoisotopic (exact) mass is 253 g/mol. The number of rotatable bonds is 3. The minimum absolute atomic E-state index is 0.524. The Kier molecular flexibility index (Phi) is 4.24. The van der Waals surface area contributed by atoms with E-state index in [-0.39, 0.29) is 0 Å². The van der Waals surface area contributed by atoms with Crippen molar-refractivity contribution in [1.29, 1.82) is 0 Å². The van der Waals surface area contributed by atoms with Crippen molar-refractivity contribution < 1.29 is 0 Å². The molecule has 4 heteroatoms. The Hall–Kier alpha value is -0.800. The number of aromatic nitrogens is 1. The van der Waals surface area contributed by atoms with Gasteiger partial charge < -0.3 is 9.80 Å². The molecule has 0 aromatic carbocycles. The number of nitrogens with zero attached hydrogens (tertiary/aromatic N) is 3. The molecule has 0 bridgehead atoms. The van der Waals surface area contributed by atoms with E-state index in [0.717, 1.165) is 17.9 Å². The van der Waals surface area contributed by atoms with Crippen LogP contribution in [0.4, 0.5) is 5.82 Å². The maximum absolute atomic E-state index is 5.97. The molecule has 0 aliphatic carbocycles. The molecule has 1 aromatic rings. The van der Waals surface area contributed by atoms with Gasteiger partial charge in [0.15, 0.2) is 0 Å². The SMILES string of the molecule is CN1CCCC(N(C)c2ncccc2CCl)C1. The summed E-state index contributed by atoms with van der Waals surface area (Å²) in [6, 6.07) is 4.55. The van der Waals surface area contributed by atoms with Crippen LogP contribution in [0, 0.1) is 0 Å². The van der Waals surface area contributed by atoms with E-state index < -0.39 is 0 Å². The standard InChI is InChI=1S/C13H20ClN3/c1-16-8-4-6-12(10-16)17(2)13-11(9-14)5-3-7-15-13/h3,5,7,12H,4,6,8-10H2,1-2H3. The highest BCUT2D eigenvalue weighted by molar-refractivity contribution is 6.17. The van der Waals surface area contributed by atoms with Crippen molar-refractivity contribution in [2.45, 2.75) is 24.8 Å². The van der Waals surface area contributed by atoms with Crippen LogP contribution in [0.15, 0.2) is 18.3 Å². The molecule has 1 aromatic heterocycles. The fourth-order valence-corrected chi connectivity index (χ4v) is 2.69. The molecule has 0 amide bonds. The molecule has 1 fully saturated rings. The predicted octanol–water partition coefficient (Wildman–Crippen LogP) is 2.35. The second-order valence-corrected chi connectivity index (χ2v) is 5.06. The number of anilines is 1. The number of likely N-dealkylation sites (tertiary alicyclic amines) is 1. The average Bonchev–Trinajstić information content (AvgIpc) is 2.38. The topological polar surface area (TPSA) is 19.4 Å². The lowest BCUT2D eigenvalue weighted by atomic mass is 10.0. The Labute approximate surface area is 108 Å². The van der Waals surface area contributed by atoms with Crippen LogP contribution in [-0.4, -0.2) is 43.1 Å². The van der Waals surface area contributed by atoms with Gasteiger partial charge in [0.05, 0.1) is 5.88 Å². The lowest BCUT2D eigenvalue weighted by Crippen LogP contribution is -2.45. The molecule has 1 unspecified atom stereocenters. The van der Waals surface area contributed by atoms with Crippen molar-refractivity contribution in [1.82, 2.24) is 9.88 Å². The molecule has 2 rings (SSSR count). The van der Waals surface area contributed by atoms with Gasteiger partial charge in [-0.2, -0.15) is 0 Å². The molecule has 0 N–H and O–H groups in total. The summed E-state index contributed by atoms with van der Waals surface area (Å²) in [6.07, 6.45) is 4.34. The van der Waals surface area contributed by atoms with E-state index in [1.54, 1.807) is 0 Å². The number of alkyl halides is 1. The Morgan fingerprint density at radius 3 is 3.12 bits per heavy atom. The molecular weight excluding hydrogens is 234 g/mol. The van der Waals surface area contributed by atoms with E-state index in [1.807, 2.05) is 12.3 Å². The Morgan fingerprint density at radius 2 is 2.41 bits per heavy atom. The summed E-state index contributed by atoms with van der Waals surface area (Å²) in [5.74, 6) is 1.55. The van der Waals surface area contributed by atoms with Crippen molar-refractivity contribution in [3.05, 3.63) is 23.9 Å². The van der Waals surface area contributed by atoms with Gasteiger partial charge in [-0.15, -0.1) is 11.6 Å². The highest BCUT2D eigenvalue weighted by Gasteiger charge is 2.23. The molecule has 1 atom stereocenters. The summed E-state index contributed by atoms with van der Waals surface area (Å²) in [5.41, 5.74) is 1.12. The smallest absolute Gasteiger partial charge is 0.132 e. The number of likely N-dealkylation sites (N-methyl/N-ethyl adjacent to an activating group) is 2. The Bertz CT molecular complexity index is 369. The van der Waals surface area contributed by atoms with Gasteiger partial charge in [-0.3, -0.25) is 0 Å². The van der Waals surface area contributed by atoms with Crippen molar-refractivity contribution in [3.63, 3.8) is 0 Å². The van der Waals surface area contributed by atoms with Crippen LogP contribution in [-0.2, 0) is 5.88 Å². The van der Waals surface area contributed by atoms with Crippen LogP contribution in [0.1, 0.15) is 18.4 Å². The number of hydrogen-bond donors (Lipinski definition) is 0. The zero-order chi connectivity index (χ0) is 12.3. The second kappa shape index (κ2) is 5.69. The van der Waals surface area contributed by atoms with Crippen LogP contribution in [0.3, 0.4) is 0 Å². The van der Waals surface area contributed by atoms with E-state index in [4.69, 9.17) is 11.6 Å². The molecule has 3 nitrogen and oxygen atoms in total. The molecule has 94 valence electrons. The first-order valence-corrected chi connectivity index (χ1v) is 6.67. The number of pyridine rings is 1. The van der Waals surface area contributed by atoms with Gasteiger partial charge in [-0.05, 0) is 32.5 Å². The minimum Gasteiger partial charge on any atom is -0.355 e. The van der Waals surface area contributed by atoms with Gasteiger partial charge in [-0.1, -0.05) is 6.07 Å². The maximum atomic E-state index is 5.97. The fourth-order valence-electron chi connectivity index (χ4n) is 2.48. The lowest BCUT2D eigenvalue weighted by Gasteiger charge is -2.37. The van der Waals surface area contributed by atoms with E-state index in [9.17, 15) is 0 Å². The summed E-state index contributed by atoms with van der Waals surface area (Å²) in [6.45, 7) is 2.31. The van der Waals surface area contributed by atoms with Gasteiger partial charge in [0, 0.05) is 31.4 Å². The van der Waals surface area contributed by atoms with Gasteiger partial charge in [0.1, 0.15) is 5.82 Å². The maximum Gasteiger partial charge on any atom is 0.132 e. The molecule has 1 aliphatic heterocycles. The first-order chi connectivity index (χ1) is 8.22. The third kappa shape index (κ3) is 2.90. The number of piperidine rings is 1. The Morgan fingerprint density at radius 1 is 1.59 bits per heavy atom. The number of halogens is 1. The normalized spacial score (nSPS) is 21.5. The van der Waals surface area contributed by atoms with E-state index in [0.29, 0.717) is 11.9 Å². The third-order valence-electron chi connectivity index (χ3n) is 3.49. The summed E-state index contributed by atoms with van der Waals surface area (Å²) in [4.78, 5) is 9.14. The van der Waals surface area contributed by atoms with Crippen LogP contribution >= 0.6 is 11.6 Å². The highest BCUT2D eigenvalue weighted by Crippen LogP contribution is 2.23. The largest absolute Gasteiger partial charge is 0.355 e. The van der Waals surface area contributed by atoms with Crippen LogP contribution < -0.4 is 4.90 Å². The van der Waals surface area contributed by atoms with E-state index >= 15 is 0 Å². The molecule has 0 saturated carbocycles. The summed E-state index contributed by atoms with van der Waals surface area (Å²) in [7, 11) is 4.31. The number of hydrogen-bond acceptors (Lipinski definition) is 3. The molecule has 17 heavy (non-hydrogen) atoms. The fraction of sp³-hybridized carbons (Fsp3) is 0.615. The van der Waals surface area contributed by atoms with Crippen molar-refractivity contribution in [2.75, 3.05) is 32.1 Å². The molecule has 1 aliphatic rings. The molecular formula is C13H20ClN3. The lowest BCUT2D eigenvalue weighted by molar-refractivity contribution is 0.247. The van der Waals surface area contributed by atoms with Crippen LogP contribution in [0.2, 0.25) is 0 Å². The Balaban J connectivity index is 2.15. The minimum atomic E-state index is 0.524. The first-order valence-electron chi connectivity index (χ1n) is 6.13. The molecule has 0 spiro atoms. The third-order valence-corrected chi connectivity index (χ3v) is 3.78. The van der Waals surface area contributed by atoms with Crippen LogP contribution in [0.5, 0.6) is 0 Å². The van der Waals surface area contributed by atoms with Crippen molar-refractivity contribution in [2.24, 2.45) is 0 Å². The predicted molar refractivity (Wildman–Crippen MR) is 72.7 cm³/mol. The average molecular weight is 254 g/mol. The van der Waals surface area contributed by atoms with Crippen LogP contribution in [0.25, 0.3) is 0 Å². The summed E-state index contributed by atoms with van der Waals surface area (Å²) in [5, 5.41) is 0. The second-order valence-electron chi connectivity index (χ2n) is 4.79. The van der Waals surface area contributed by atoms with E-state index in [1.165, 1.54) is 19.4 Å². The zero-order valence-electron chi connectivity index (χ0n) is 10.6. The first kappa shape index (κ1) is 12.7. The molecule has 2 heterocycles. The molecule has 1 saturated heterocycles. The molecule has 0 radical (unpaired) electrons. The van der Waals surface area contributed by atoms with Crippen molar-refractivity contribution in [3.8, 4) is 0 Å². The van der Waals surface area contributed by atoms with Gasteiger partial charge in [0.2, 0.25) is 0 Å². The zero-order valence-corrected chi connectivity index (χ0v) is 11.3. The van der Waals surface area contributed by atoms with Gasteiger partial charge in [0.25, 0.3) is 0 Å². The van der Waals surface area contributed by atoms with Gasteiger partial charge in [-0.25, -0.2) is 4.98 Å². The van der Waals surface area contributed by atoms with Gasteiger partial charge >= 0.3 is 0 Å². The summed E-state index contributed by atoms with van der Waals surface area (Å²) < 4.78 is 0. The quantitative estimate of drug-likeness (QED) is 0.771.